The lowest BCUT2D eigenvalue weighted by molar-refractivity contribution is -0.122. The monoisotopic (exact) mass is 455 g/mol. The molecule has 1 saturated carbocycles. The zero-order chi connectivity index (χ0) is 22.5. The molecule has 0 aromatic carbocycles. The second-order valence-electron chi connectivity index (χ2n) is 8.72. The highest BCUT2D eigenvalue weighted by atomic mass is 32.2. The van der Waals surface area contributed by atoms with Gasteiger partial charge in [-0.05, 0) is 25.7 Å². The fourth-order valence-corrected chi connectivity index (χ4v) is 5.42. The first-order chi connectivity index (χ1) is 14.7. The molecule has 0 bridgehead atoms. The number of nitrogens with zero attached hydrogens (tertiary/aromatic N) is 3. The predicted octanol–water partition coefficient (Wildman–Crippen LogP) is 1.23. The molecule has 1 aliphatic heterocycles. The van der Waals surface area contributed by atoms with Gasteiger partial charge in [0, 0.05) is 38.9 Å². The molecule has 1 unspecified atom stereocenters. The molecule has 1 aromatic heterocycles. The third-order valence-electron chi connectivity index (χ3n) is 6.05. The Labute approximate surface area is 183 Å². The van der Waals surface area contributed by atoms with Crippen molar-refractivity contribution < 1.29 is 22.5 Å². The van der Waals surface area contributed by atoms with Crippen LogP contribution < -0.4 is 10.6 Å². The average Bonchev–Trinajstić information content (AvgIpc) is 3.06. The first-order valence-electron chi connectivity index (χ1n) is 11.0. The lowest BCUT2D eigenvalue weighted by atomic mass is 9.89. The Morgan fingerprint density at radius 1 is 1.19 bits per heavy atom. The summed E-state index contributed by atoms with van der Waals surface area (Å²) in [6.45, 7) is 2.29. The Bertz CT molecular complexity index is 876. The summed E-state index contributed by atoms with van der Waals surface area (Å²) in [5.74, 6) is 0.547. The van der Waals surface area contributed by atoms with Crippen LogP contribution >= 0.6 is 0 Å². The highest BCUT2D eigenvalue weighted by Gasteiger charge is 2.38. The van der Waals surface area contributed by atoms with Crippen LogP contribution in [0.5, 0.6) is 0 Å². The Morgan fingerprint density at radius 2 is 1.90 bits per heavy atom. The van der Waals surface area contributed by atoms with E-state index in [2.05, 4.69) is 20.8 Å². The van der Waals surface area contributed by atoms with E-state index in [9.17, 15) is 18.0 Å². The molecule has 0 spiro atoms. The summed E-state index contributed by atoms with van der Waals surface area (Å²) >= 11 is 0. The van der Waals surface area contributed by atoms with Crippen LogP contribution in [0.25, 0.3) is 0 Å². The third-order valence-corrected chi connectivity index (χ3v) is 7.32. The number of carbonyl (C=O) groups excluding carboxylic acids is 2. The molecule has 2 fully saturated rings. The van der Waals surface area contributed by atoms with E-state index < -0.39 is 15.6 Å². The van der Waals surface area contributed by atoms with Gasteiger partial charge in [0.15, 0.2) is 5.82 Å². The Balaban J connectivity index is 1.56. The zero-order valence-corrected chi connectivity index (χ0v) is 19.2. The quantitative estimate of drug-likeness (QED) is 0.590. The van der Waals surface area contributed by atoms with Crippen LogP contribution in [0.3, 0.4) is 0 Å². The largest absolute Gasteiger partial charge is 0.352 e. The molecule has 2 heterocycles. The lowest BCUT2D eigenvalue weighted by Gasteiger charge is -2.31. The average molecular weight is 456 g/mol. The lowest BCUT2D eigenvalue weighted by Crippen LogP contribution is -2.49. The number of piperidine rings is 1. The second kappa shape index (κ2) is 10.1. The number of hydrogen-bond acceptors (Lipinski definition) is 7. The molecule has 2 amide bonds. The Morgan fingerprint density at radius 3 is 2.55 bits per heavy atom. The van der Waals surface area contributed by atoms with Gasteiger partial charge in [0.1, 0.15) is 5.54 Å². The van der Waals surface area contributed by atoms with Gasteiger partial charge in [-0.15, -0.1) is 0 Å². The van der Waals surface area contributed by atoms with Crippen LogP contribution in [-0.2, 0) is 31.6 Å². The van der Waals surface area contributed by atoms with Gasteiger partial charge in [-0.1, -0.05) is 30.8 Å². The molecular weight excluding hydrogens is 422 g/mol. The molecule has 31 heavy (non-hydrogen) atoms. The van der Waals surface area contributed by atoms with E-state index in [0.717, 1.165) is 51.4 Å². The number of amides is 2. The fourth-order valence-electron chi connectivity index (χ4n) is 4.51. The van der Waals surface area contributed by atoms with Gasteiger partial charge in [-0.25, -0.2) is 12.7 Å². The molecule has 1 atom stereocenters. The van der Waals surface area contributed by atoms with Crippen LogP contribution in [0.15, 0.2) is 4.52 Å². The fraction of sp³-hybridized carbons (Fsp3) is 0.800. The van der Waals surface area contributed by atoms with Gasteiger partial charge in [0.2, 0.25) is 27.7 Å². The summed E-state index contributed by atoms with van der Waals surface area (Å²) in [7, 11) is -3.26. The normalized spacial score (nSPS) is 22.5. The summed E-state index contributed by atoms with van der Waals surface area (Å²) < 4.78 is 30.3. The molecule has 10 nitrogen and oxygen atoms in total. The molecule has 0 radical (unpaired) electrons. The molecule has 1 aromatic rings. The Kier molecular flexibility index (Phi) is 7.68. The maximum atomic E-state index is 12.4. The summed E-state index contributed by atoms with van der Waals surface area (Å²) in [6.07, 6.45) is 8.85. The van der Waals surface area contributed by atoms with Crippen molar-refractivity contribution in [3.8, 4) is 0 Å². The number of sulfonamides is 1. The first-order valence-corrected chi connectivity index (χ1v) is 12.9. The van der Waals surface area contributed by atoms with Crippen molar-refractivity contribution in [2.24, 2.45) is 0 Å². The molecule has 174 valence electrons. The second-order valence-corrected chi connectivity index (χ2v) is 10.7. The SMILES string of the molecule is CC(=O)NC1(c2noc(CCC(=O)NC3CCCN(S(C)(=O)=O)C3)n2)CCCCCC1. The van der Waals surface area contributed by atoms with Crippen molar-refractivity contribution in [2.75, 3.05) is 19.3 Å². The minimum atomic E-state index is -3.26. The van der Waals surface area contributed by atoms with E-state index >= 15 is 0 Å². The van der Waals surface area contributed by atoms with Gasteiger partial charge in [-0.2, -0.15) is 4.98 Å². The third kappa shape index (κ3) is 6.49. The highest BCUT2D eigenvalue weighted by Crippen LogP contribution is 2.34. The van der Waals surface area contributed by atoms with Gasteiger partial charge in [0.05, 0.1) is 6.26 Å². The van der Waals surface area contributed by atoms with Gasteiger partial charge >= 0.3 is 0 Å². The molecule has 2 N–H and O–H groups in total. The number of aryl methyl sites for hydroxylation is 1. The maximum Gasteiger partial charge on any atom is 0.227 e. The molecule has 11 heteroatoms. The van der Waals surface area contributed by atoms with Crippen LogP contribution in [0.4, 0.5) is 0 Å². The standard InChI is InChI=1S/C20H33N5O5S/c1-15(26)23-20(11-5-3-4-6-12-20)19-22-18(30-24-19)10-9-17(27)21-16-8-7-13-25(14-16)31(2,28)29/h16H,3-14H2,1-2H3,(H,21,27)(H,23,26). The van der Waals surface area contributed by atoms with Crippen molar-refractivity contribution in [2.45, 2.75) is 82.7 Å². The van der Waals surface area contributed by atoms with Crippen LogP contribution in [0.2, 0.25) is 0 Å². The topological polar surface area (TPSA) is 134 Å². The molecule has 3 rings (SSSR count). The van der Waals surface area contributed by atoms with Crippen LogP contribution in [-0.4, -0.2) is 60.1 Å². The number of aromatic nitrogens is 2. The molecule has 1 aliphatic carbocycles. The van der Waals surface area contributed by atoms with Crippen molar-refractivity contribution in [1.82, 2.24) is 25.1 Å². The predicted molar refractivity (Wildman–Crippen MR) is 113 cm³/mol. The first kappa shape index (κ1) is 23.6. The van der Waals surface area contributed by atoms with E-state index in [1.165, 1.54) is 17.5 Å². The minimum Gasteiger partial charge on any atom is -0.352 e. The molecule has 1 saturated heterocycles. The summed E-state index contributed by atoms with van der Waals surface area (Å²) in [6, 6.07) is -0.191. The summed E-state index contributed by atoms with van der Waals surface area (Å²) in [5.41, 5.74) is -0.608. The number of hydrogen-bond donors (Lipinski definition) is 2. The van der Waals surface area contributed by atoms with Gasteiger partial charge in [-0.3, -0.25) is 9.59 Å². The van der Waals surface area contributed by atoms with Crippen molar-refractivity contribution in [1.29, 1.82) is 0 Å². The van der Waals surface area contributed by atoms with Crippen molar-refractivity contribution >= 4 is 21.8 Å². The summed E-state index contributed by atoms with van der Waals surface area (Å²) in [4.78, 5) is 28.7. The van der Waals surface area contributed by atoms with Crippen molar-refractivity contribution in [3.05, 3.63) is 11.7 Å². The van der Waals surface area contributed by atoms with Gasteiger partial charge < -0.3 is 15.2 Å². The van der Waals surface area contributed by atoms with Crippen LogP contribution in [0.1, 0.15) is 76.4 Å². The number of rotatable bonds is 7. The smallest absolute Gasteiger partial charge is 0.227 e. The number of carbonyl (C=O) groups is 2. The highest BCUT2D eigenvalue weighted by molar-refractivity contribution is 7.88. The van der Waals surface area contributed by atoms with E-state index in [-0.39, 0.29) is 30.7 Å². The number of nitrogens with one attached hydrogen (secondary N) is 2. The molecular formula is C20H33N5O5S. The zero-order valence-electron chi connectivity index (χ0n) is 18.4. The van der Waals surface area contributed by atoms with E-state index in [1.807, 2.05) is 0 Å². The van der Waals surface area contributed by atoms with Gasteiger partial charge in [0.25, 0.3) is 0 Å². The molecule has 2 aliphatic rings. The Hall–Kier alpha value is -2.01. The maximum absolute atomic E-state index is 12.4. The summed E-state index contributed by atoms with van der Waals surface area (Å²) in [5, 5.41) is 10.1. The minimum absolute atomic E-state index is 0.122. The van der Waals surface area contributed by atoms with E-state index in [0.29, 0.717) is 24.8 Å². The van der Waals surface area contributed by atoms with Crippen molar-refractivity contribution in [3.63, 3.8) is 0 Å². The van der Waals surface area contributed by atoms with Crippen LogP contribution in [0, 0.1) is 0 Å². The van der Waals surface area contributed by atoms with E-state index in [1.54, 1.807) is 0 Å². The van der Waals surface area contributed by atoms with E-state index in [4.69, 9.17) is 4.52 Å².